The zero-order chi connectivity index (χ0) is 20.8. The molecule has 0 bridgehead atoms. The minimum atomic E-state index is -0.318. The molecule has 0 spiro atoms. The third kappa shape index (κ3) is 4.71. The van der Waals surface area contributed by atoms with Crippen LogP contribution in [0.15, 0.2) is 60.1 Å². The molecule has 30 heavy (non-hydrogen) atoms. The number of benzene rings is 2. The highest BCUT2D eigenvalue weighted by molar-refractivity contribution is 5.93. The van der Waals surface area contributed by atoms with E-state index in [1.807, 2.05) is 31.2 Å². The van der Waals surface area contributed by atoms with Gasteiger partial charge in [-0.15, -0.1) is 0 Å². The molecule has 0 fully saturated rings. The Labute approximate surface area is 174 Å². The SMILES string of the molecule is CCNC(=NCc1ccc(-n2ccnc2)c(F)c1)Nc1ccc2c(c1)OCCCO2. The fourth-order valence-electron chi connectivity index (χ4n) is 3.11. The Morgan fingerprint density at radius 1 is 1.17 bits per heavy atom. The van der Waals surface area contributed by atoms with E-state index in [-0.39, 0.29) is 5.82 Å². The van der Waals surface area contributed by atoms with Gasteiger partial charge in [0.05, 0.1) is 31.8 Å². The molecule has 2 aromatic carbocycles. The minimum absolute atomic E-state index is 0.318. The molecule has 0 unspecified atom stereocenters. The average molecular weight is 409 g/mol. The summed E-state index contributed by atoms with van der Waals surface area (Å²) in [6.45, 7) is 4.31. The first-order chi connectivity index (χ1) is 14.7. The number of aromatic nitrogens is 2. The van der Waals surface area contributed by atoms with Crippen LogP contribution >= 0.6 is 0 Å². The van der Waals surface area contributed by atoms with Crippen LogP contribution in [-0.4, -0.2) is 35.3 Å². The Kier molecular flexibility index (Phi) is 6.12. The Hall–Kier alpha value is -3.55. The molecular formula is C22H24FN5O2. The number of hydrogen-bond donors (Lipinski definition) is 2. The van der Waals surface area contributed by atoms with Gasteiger partial charge < -0.3 is 24.7 Å². The number of hydrogen-bond acceptors (Lipinski definition) is 4. The molecule has 4 rings (SSSR count). The summed E-state index contributed by atoms with van der Waals surface area (Å²) in [6.07, 6.45) is 5.75. The summed E-state index contributed by atoms with van der Waals surface area (Å²) in [7, 11) is 0. The fraction of sp³-hybridized carbons (Fsp3) is 0.273. The van der Waals surface area contributed by atoms with Gasteiger partial charge >= 0.3 is 0 Å². The van der Waals surface area contributed by atoms with Crippen LogP contribution in [0, 0.1) is 5.82 Å². The maximum absolute atomic E-state index is 14.5. The lowest BCUT2D eigenvalue weighted by molar-refractivity contribution is 0.297. The first-order valence-electron chi connectivity index (χ1n) is 9.94. The molecular weight excluding hydrogens is 385 g/mol. The molecule has 2 N–H and O–H groups in total. The predicted molar refractivity (Wildman–Crippen MR) is 114 cm³/mol. The molecule has 0 radical (unpaired) electrons. The molecule has 1 aliphatic heterocycles. The smallest absolute Gasteiger partial charge is 0.196 e. The zero-order valence-electron chi connectivity index (χ0n) is 16.8. The van der Waals surface area contributed by atoms with Crippen LogP contribution in [0.4, 0.5) is 10.1 Å². The van der Waals surface area contributed by atoms with Crippen molar-refractivity contribution in [2.75, 3.05) is 25.1 Å². The first-order valence-corrected chi connectivity index (χ1v) is 9.94. The van der Waals surface area contributed by atoms with Crippen LogP contribution in [0.3, 0.4) is 0 Å². The Morgan fingerprint density at radius 2 is 2.03 bits per heavy atom. The lowest BCUT2D eigenvalue weighted by atomic mass is 10.2. The second-order valence-electron chi connectivity index (χ2n) is 6.79. The molecule has 0 saturated carbocycles. The summed E-state index contributed by atoms with van der Waals surface area (Å²) in [6, 6.07) is 10.8. The summed E-state index contributed by atoms with van der Waals surface area (Å²) >= 11 is 0. The van der Waals surface area contributed by atoms with Crippen molar-refractivity contribution < 1.29 is 13.9 Å². The maximum atomic E-state index is 14.5. The normalized spacial score (nSPS) is 13.6. The topological polar surface area (TPSA) is 72.7 Å². The number of imidazole rings is 1. The summed E-state index contributed by atoms with van der Waals surface area (Å²) in [5.74, 6) is 1.74. The van der Waals surface area contributed by atoms with Crippen LogP contribution < -0.4 is 20.1 Å². The van der Waals surface area contributed by atoms with Crippen LogP contribution in [0.25, 0.3) is 5.69 Å². The van der Waals surface area contributed by atoms with Gasteiger partial charge in [0.25, 0.3) is 0 Å². The number of anilines is 1. The van der Waals surface area contributed by atoms with E-state index in [2.05, 4.69) is 20.6 Å². The van der Waals surface area contributed by atoms with E-state index in [9.17, 15) is 4.39 Å². The van der Waals surface area contributed by atoms with Gasteiger partial charge in [0.2, 0.25) is 0 Å². The van der Waals surface area contributed by atoms with E-state index < -0.39 is 0 Å². The van der Waals surface area contributed by atoms with E-state index in [1.54, 1.807) is 29.4 Å². The predicted octanol–water partition coefficient (Wildman–Crippen LogP) is 3.75. The summed E-state index contributed by atoms with van der Waals surface area (Å²) in [4.78, 5) is 8.53. The van der Waals surface area contributed by atoms with Crippen molar-refractivity contribution in [1.82, 2.24) is 14.9 Å². The van der Waals surface area contributed by atoms with Crippen molar-refractivity contribution in [2.45, 2.75) is 19.9 Å². The average Bonchev–Trinajstić information content (AvgIpc) is 3.17. The summed E-state index contributed by atoms with van der Waals surface area (Å²) in [5.41, 5.74) is 2.06. The number of rotatable bonds is 5. The first kappa shape index (κ1) is 19.8. The number of nitrogens with zero attached hydrogens (tertiary/aromatic N) is 3. The molecule has 8 heteroatoms. The number of aliphatic imine (C=N–C) groups is 1. The second kappa shape index (κ2) is 9.30. The molecule has 0 aliphatic carbocycles. The minimum Gasteiger partial charge on any atom is -0.490 e. The zero-order valence-corrected chi connectivity index (χ0v) is 16.8. The number of nitrogens with one attached hydrogen (secondary N) is 2. The van der Waals surface area contributed by atoms with E-state index in [0.717, 1.165) is 23.4 Å². The van der Waals surface area contributed by atoms with Gasteiger partial charge in [0, 0.05) is 37.1 Å². The van der Waals surface area contributed by atoms with E-state index >= 15 is 0 Å². The van der Waals surface area contributed by atoms with Crippen LogP contribution in [0.2, 0.25) is 0 Å². The van der Waals surface area contributed by atoms with Crippen molar-refractivity contribution in [1.29, 1.82) is 0 Å². The monoisotopic (exact) mass is 409 g/mol. The molecule has 1 aliphatic rings. The lowest BCUT2D eigenvalue weighted by Gasteiger charge is -2.14. The quantitative estimate of drug-likeness (QED) is 0.496. The highest BCUT2D eigenvalue weighted by Crippen LogP contribution is 2.32. The maximum Gasteiger partial charge on any atom is 0.196 e. The van der Waals surface area contributed by atoms with E-state index in [4.69, 9.17) is 9.47 Å². The van der Waals surface area contributed by atoms with Crippen molar-refractivity contribution in [2.24, 2.45) is 4.99 Å². The van der Waals surface area contributed by atoms with Gasteiger partial charge in [-0.05, 0) is 36.8 Å². The highest BCUT2D eigenvalue weighted by atomic mass is 19.1. The number of fused-ring (bicyclic) bond motifs is 1. The van der Waals surface area contributed by atoms with Gasteiger partial charge in [0.15, 0.2) is 17.5 Å². The van der Waals surface area contributed by atoms with Crippen LogP contribution in [0.5, 0.6) is 11.5 Å². The Morgan fingerprint density at radius 3 is 2.80 bits per heavy atom. The van der Waals surface area contributed by atoms with Crippen molar-refractivity contribution in [3.8, 4) is 17.2 Å². The molecule has 2 heterocycles. The number of guanidine groups is 1. The Bertz CT molecular complexity index is 1020. The molecule has 156 valence electrons. The largest absolute Gasteiger partial charge is 0.490 e. The van der Waals surface area contributed by atoms with Gasteiger partial charge in [-0.1, -0.05) is 6.07 Å². The highest BCUT2D eigenvalue weighted by Gasteiger charge is 2.11. The molecule has 7 nitrogen and oxygen atoms in total. The standard InChI is InChI=1S/C22H24FN5O2/c1-2-25-22(27-17-5-7-20-21(13-17)30-11-3-10-29-20)26-14-16-4-6-19(18(23)12-16)28-9-8-24-15-28/h4-9,12-13,15H,2-3,10-11,14H2,1H3,(H2,25,26,27). The third-order valence-electron chi connectivity index (χ3n) is 4.57. The van der Waals surface area contributed by atoms with Gasteiger partial charge in [-0.3, -0.25) is 0 Å². The fourth-order valence-corrected chi connectivity index (χ4v) is 3.11. The third-order valence-corrected chi connectivity index (χ3v) is 4.57. The summed E-state index contributed by atoms with van der Waals surface area (Å²) < 4.78 is 27.5. The van der Waals surface area contributed by atoms with Gasteiger partial charge in [-0.2, -0.15) is 0 Å². The van der Waals surface area contributed by atoms with Gasteiger partial charge in [-0.25, -0.2) is 14.4 Å². The van der Waals surface area contributed by atoms with Crippen molar-refractivity contribution >= 4 is 11.6 Å². The molecule has 1 aromatic heterocycles. The molecule has 3 aromatic rings. The Balaban J connectivity index is 1.48. The van der Waals surface area contributed by atoms with Crippen LogP contribution in [0.1, 0.15) is 18.9 Å². The van der Waals surface area contributed by atoms with Crippen molar-refractivity contribution in [3.05, 3.63) is 66.5 Å². The summed E-state index contributed by atoms with van der Waals surface area (Å²) in [5, 5.41) is 6.47. The molecule has 0 atom stereocenters. The van der Waals surface area contributed by atoms with Gasteiger partial charge in [0.1, 0.15) is 5.82 Å². The molecule has 0 saturated heterocycles. The van der Waals surface area contributed by atoms with E-state index in [1.165, 1.54) is 6.07 Å². The van der Waals surface area contributed by atoms with Crippen LogP contribution in [-0.2, 0) is 6.54 Å². The molecule has 0 amide bonds. The van der Waals surface area contributed by atoms with E-state index in [0.29, 0.717) is 43.7 Å². The number of halogens is 1. The lowest BCUT2D eigenvalue weighted by Crippen LogP contribution is -2.30. The van der Waals surface area contributed by atoms with Crippen molar-refractivity contribution in [3.63, 3.8) is 0 Å². The number of ether oxygens (including phenoxy) is 2. The second-order valence-corrected chi connectivity index (χ2v) is 6.79.